The van der Waals surface area contributed by atoms with Gasteiger partial charge < -0.3 is 5.32 Å². The van der Waals surface area contributed by atoms with Crippen molar-refractivity contribution in [2.45, 2.75) is 38.0 Å². The zero-order valence-corrected chi connectivity index (χ0v) is 13.2. The average molecular weight is 307 g/mol. The number of hydrogen-bond donors (Lipinski definition) is 1. The first-order valence-electron chi connectivity index (χ1n) is 7.55. The fourth-order valence-corrected chi connectivity index (χ4v) is 4.23. The van der Waals surface area contributed by atoms with Gasteiger partial charge in [-0.05, 0) is 18.3 Å². The van der Waals surface area contributed by atoms with Gasteiger partial charge in [0, 0.05) is 12.5 Å². The summed E-state index contributed by atoms with van der Waals surface area (Å²) in [6, 6.07) is 3.85. The Morgan fingerprint density at radius 1 is 1.39 bits per heavy atom. The molecule has 3 rings (SSSR count). The third kappa shape index (κ3) is 1.69. The van der Waals surface area contributed by atoms with Crippen LogP contribution in [0.25, 0.3) is 0 Å². The summed E-state index contributed by atoms with van der Waals surface area (Å²) >= 11 is 0. The maximum atomic E-state index is 12.9. The molecule has 2 aliphatic carbocycles. The Morgan fingerprint density at radius 3 is 2.65 bits per heavy atom. The molecule has 0 aromatic carbocycles. The number of fused-ring (bicyclic) bond motifs is 5. The van der Waals surface area contributed by atoms with Crippen molar-refractivity contribution in [1.29, 1.82) is 10.5 Å². The summed E-state index contributed by atoms with van der Waals surface area (Å²) in [7, 11) is 0. The monoisotopic (exact) mass is 307 g/mol. The number of aromatic nitrogens is 2. The molecule has 0 radical (unpaired) electrons. The summed E-state index contributed by atoms with van der Waals surface area (Å²) in [5.74, 6) is -0.0362. The highest BCUT2D eigenvalue weighted by Gasteiger charge is 2.67. The van der Waals surface area contributed by atoms with E-state index in [-0.39, 0.29) is 28.6 Å². The van der Waals surface area contributed by atoms with E-state index in [1.54, 1.807) is 6.08 Å². The van der Waals surface area contributed by atoms with Gasteiger partial charge in [0.25, 0.3) is 0 Å². The van der Waals surface area contributed by atoms with Crippen LogP contribution in [0, 0.1) is 28.1 Å². The lowest BCUT2D eigenvalue weighted by atomic mass is 9.67. The highest BCUT2D eigenvalue weighted by molar-refractivity contribution is 5.91. The smallest absolute Gasteiger partial charge is 0.233 e. The van der Waals surface area contributed by atoms with Gasteiger partial charge in [0.05, 0.1) is 16.8 Å². The third-order valence-electron chi connectivity index (χ3n) is 5.44. The Morgan fingerprint density at radius 2 is 2.04 bits per heavy atom. The Bertz CT molecular complexity index is 798. The lowest BCUT2D eigenvalue weighted by molar-refractivity contribution is -0.129. The number of amides is 1. The summed E-state index contributed by atoms with van der Waals surface area (Å²) in [6.45, 7) is 8.09. The Labute approximate surface area is 134 Å². The molecule has 0 spiro atoms. The summed E-state index contributed by atoms with van der Waals surface area (Å²) < 4.78 is 0. The van der Waals surface area contributed by atoms with Gasteiger partial charge in [-0.3, -0.25) is 4.79 Å². The number of nitrogens with zero attached hydrogens (tertiary/aromatic N) is 4. The van der Waals surface area contributed by atoms with E-state index in [0.717, 1.165) is 6.42 Å². The van der Waals surface area contributed by atoms with Crippen molar-refractivity contribution in [3.8, 4) is 12.1 Å². The van der Waals surface area contributed by atoms with Crippen LogP contribution in [-0.4, -0.2) is 22.4 Å². The molecule has 0 aliphatic heterocycles. The third-order valence-corrected chi connectivity index (χ3v) is 5.44. The maximum Gasteiger partial charge on any atom is 0.233 e. The van der Waals surface area contributed by atoms with Gasteiger partial charge in [0.15, 0.2) is 11.4 Å². The first-order valence-corrected chi connectivity index (χ1v) is 7.55. The molecule has 2 bridgehead atoms. The summed E-state index contributed by atoms with van der Waals surface area (Å²) in [4.78, 5) is 21.7. The predicted octanol–water partition coefficient (Wildman–Crippen LogP) is 1.68. The van der Waals surface area contributed by atoms with Gasteiger partial charge in [-0.2, -0.15) is 10.5 Å². The van der Waals surface area contributed by atoms with Crippen LogP contribution >= 0.6 is 0 Å². The lowest BCUT2D eigenvalue weighted by Gasteiger charge is -2.36. The number of hydrogen-bond acceptors (Lipinski definition) is 5. The van der Waals surface area contributed by atoms with E-state index in [0.29, 0.717) is 24.4 Å². The zero-order chi connectivity index (χ0) is 16.8. The van der Waals surface area contributed by atoms with Gasteiger partial charge in [-0.15, -0.1) is 6.58 Å². The normalized spacial score (nSPS) is 26.0. The Hall–Kier alpha value is -2.73. The molecule has 1 aromatic rings. The van der Waals surface area contributed by atoms with Crippen LogP contribution in [0.1, 0.15) is 55.4 Å². The number of rotatable bonds is 3. The molecule has 1 heterocycles. The Kier molecular flexibility index (Phi) is 3.23. The van der Waals surface area contributed by atoms with Crippen LogP contribution < -0.4 is 5.32 Å². The molecule has 1 fully saturated rings. The molecule has 6 nitrogen and oxygen atoms in total. The first-order chi connectivity index (χ1) is 10.9. The molecule has 2 unspecified atom stereocenters. The second-order valence-electron chi connectivity index (χ2n) is 6.60. The molecule has 116 valence electrons. The minimum atomic E-state index is -0.803. The maximum absolute atomic E-state index is 12.9. The van der Waals surface area contributed by atoms with E-state index in [9.17, 15) is 15.3 Å². The molecule has 2 atom stereocenters. The Balaban J connectivity index is 2.23. The number of carbonyl (C=O) groups excluding carboxylic acids is 1. The summed E-state index contributed by atoms with van der Waals surface area (Å²) in [6.07, 6.45) is 3.13. The van der Waals surface area contributed by atoms with Crippen molar-refractivity contribution < 1.29 is 4.79 Å². The largest absolute Gasteiger partial charge is 0.352 e. The van der Waals surface area contributed by atoms with Crippen molar-refractivity contribution >= 4 is 5.91 Å². The van der Waals surface area contributed by atoms with E-state index in [1.165, 1.54) is 0 Å². The molecule has 0 saturated heterocycles. The van der Waals surface area contributed by atoms with Crippen molar-refractivity contribution in [2.75, 3.05) is 6.54 Å². The lowest BCUT2D eigenvalue weighted by Crippen LogP contribution is -2.50. The van der Waals surface area contributed by atoms with Gasteiger partial charge in [0.2, 0.25) is 5.91 Å². The molecule has 1 N–H and O–H groups in total. The highest BCUT2D eigenvalue weighted by Crippen LogP contribution is 2.67. The van der Waals surface area contributed by atoms with E-state index < -0.39 is 5.41 Å². The van der Waals surface area contributed by atoms with Crippen molar-refractivity contribution in [2.24, 2.45) is 5.41 Å². The minimum absolute atomic E-state index is 0.00880. The number of nitrogens with one attached hydrogen (secondary N) is 1. The molecule has 1 aromatic heterocycles. The SMILES string of the molecule is C=CCNC(=O)C12CCC(c3nc(C#N)c(C#N)nc31)C2(C)C. The second-order valence-corrected chi connectivity index (χ2v) is 6.60. The second kappa shape index (κ2) is 4.89. The number of carbonyl (C=O) groups is 1. The van der Waals surface area contributed by atoms with Crippen molar-refractivity contribution in [1.82, 2.24) is 15.3 Å². The summed E-state index contributed by atoms with van der Waals surface area (Å²) in [5.41, 5.74) is 0.132. The number of nitriles is 2. The molecule has 1 saturated carbocycles. The predicted molar refractivity (Wildman–Crippen MR) is 82.1 cm³/mol. The topological polar surface area (TPSA) is 102 Å². The van der Waals surface area contributed by atoms with E-state index in [4.69, 9.17) is 0 Å². The van der Waals surface area contributed by atoms with Crippen LogP contribution in [0.4, 0.5) is 0 Å². The van der Waals surface area contributed by atoms with Crippen molar-refractivity contribution in [3.63, 3.8) is 0 Å². The van der Waals surface area contributed by atoms with Crippen LogP contribution in [0.2, 0.25) is 0 Å². The van der Waals surface area contributed by atoms with Gasteiger partial charge in [-0.1, -0.05) is 19.9 Å². The van der Waals surface area contributed by atoms with E-state index in [2.05, 4.69) is 21.9 Å². The van der Waals surface area contributed by atoms with Gasteiger partial charge >= 0.3 is 0 Å². The van der Waals surface area contributed by atoms with Crippen LogP contribution in [-0.2, 0) is 10.2 Å². The van der Waals surface area contributed by atoms with Gasteiger partial charge in [-0.25, -0.2) is 9.97 Å². The average Bonchev–Trinajstić information content (AvgIpc) is 2.93. The van der Waals surface area contributed by atoms with E-state index in [1.807, 2.05) is 26.0 Å². The standard InChI is InChI=1S/C17H17N5O/c1-4-7-20-15(23)17-6-5-10(16(17,2)3)13-14(17)22-12(9-19)11(8-18)21-13/h4,10H,1,5-7H2,2-3H3,(H,20,23). The fraction of sp³-hybridized carbons (Fsp3) is 0.471. The van der Waals surface area contributed by atoms with Crippen LogP contribution in [0.5, 0.6) is 0 Å². The zero-order valence-electron chi connectivity index (χ0n) is 13.2. The van der Waals surface area contributed by atoms with E-state index >= 15 is 0 Å². The summed E-state index contributed by atoms with van der Waals surface area (Å²) in [5, 5.41) is 21.3. The molecular weight excluding hydrogens is 290 g/mol. The molecular formula is C17H17N5O. The highest BCUT2D eigenvalue weighted by atomic mass is 16.2. The first kappa shape index (κ1) is 15.2. The van der Waals surface area contributed by atoms with Crippen LogP contribution in [0.3, 0.4) is 0 Å². The van der Waals surface area contributed by atoms with Crippen molar-refractivity contribution in [3.05, 3.63) is 35.4 Å². The molecule has 23 heavy (non-hydrogen) atoms. The quantitative estimate of drug-likeness (QED) is 0.856. The van der Waals surface area contributed by atoms with Gasteiger partial charge in [0.1, 0.15) is 12.1 Å². The fourth-order valence-electron chi connectivity index (χ4n) is 4.23. The molecule has 1 amide bonds. The molecule has 2 aliphatic rings. The molecule has 6 heteroatoms. The van der Waals surface area contributed by atoms with Crippen LogP contribution in [0.15, 0.2) is 12.7 Å². The minimum Gasteiger partial charge on any atom is -0.352 e.